The average molecular weight is 272 g/mol. The van der Waals surface area contributed by atoms with Gasteiger partial charge in [0.1, 0.15) is 0 Å². The van der Waals surface area contributed by atoms with Crippen LogP contribution in [0.1, 0.15) is 11.1 Å². The number of para-hydroxylation sites is 1. The molecule has 0 unspecified atom stereocenters. The molecule has 0 atom stereocenters. The SMILES string of the molecule is OCc1ccccc1NC(=S)NCc1ccccc1. The fourth-order valence-corrected chi connectivity index (χ4v) is 1.91. The molecular formula is C15H16N2OS. The van der Waals surface area contributed by atoms with E-state index in [2.05, 4.69) is 10.6 Å². The molecule has 0 spiro atoms. The lowest BCUT2D eigenvalue weighted by atomic mass is 10.2. The zero-order valence-corrected chi connectivity index (χ0v) is 11.3. The molecule has 0 aliphatic carbocycles. The highest BCUT2D eigenvalue weighted by Crippen LogP contribution is 2.14. The molecular weight excluding hydrogens is 256 g/mol. The van der Waals surface area contributed by atoms with Gasteiger partial charge in [-0.05, 0) is 23.8 Å². The van der Waals surface area contributed by atoms with Gasteiger partial charge < -0.3 is 15.7 Å². The van der Waals surface area contributed by atoms with Gasteiger partial charge in [-0.1, -0.05) is 48.5 Å². The van der Waals surface area contributed by atoms with Crippen LogP contribution in [0.5, 0.6) is 0 Å². The molecule has 3 N–H and O–H groups in total. The highest BCUT2D eigenvalue weighted by molar-refractivity contribution is 7.80. The summed E-state index contributed by atoms with van der Waals surface area (Å²) in [7, 11) is 0. The molecule has 0 saturated carbocycles. The predicted molar refractivity (Wildman–Crippen MR) is 81.9 cm³/mol. The predicted octanol–water partition coefficient (Wildman–Crippen LogP) is 2.67. The van der Waals surface area contributed by atoms with Crippen LogP contribution in [0.15, 0.2) is 54.6 Å². The second-order valence-corrected chi connectivity index (χ2v) is 4.52. The normalized spacial score (nSPS) is 9.95. The first-order valence-electron chi connectivity index (χ1n) is 6.07. The summed E-state index contributed by atoms with van der Waals surface area (Å²) in [6.07, 6.45) is 0. The smallest absolute Gasteiger partial charge is 0.171 e. The van der Waals surface area contributed by atoms with Gasteiger partial charge in [0.05, 0.1) is 6.61 Å². The Kier molecular flexibility index (Phi) is 4.89. The fourth-order valence-electron chi connectivity index (χ4n) is 1.72. The van der Waals surface area contributed by atoms with Gasteiger partial charge in [0, 0.05) is 17.8 Å². The highest BCUT2D eigenvalue weighted by Gasteiger charge is 2.02. The van der Waals surface area contributed by atoms with Gasteiger partial charge in [0.25, 0.3) is 0 Å². The monoisotopic (exact) mass is 272 g/mol. The lowest BCUT2D eigenvalue weighted by molar-refractivity contribution is 0.282. The Morgan fingerprint density at radius 3 is 2.42 bits per heavy atom. The van der Waals surface area contributed by atoms with Gasteiger partial charge in [-0.15, -0.1) is 0 Å². The highest BCUT2D eigenvalue weighted by atomic mass is 32.1. The minimum Gasteiger partial charge on any atom is -0.392 e. The van der Waals surface area contributed by atoms with Crippen LogP contribution >= 0.6 is 12.2 Å². The molecule has 4 heteroatoms. The molecule has 19 heavy (non-hydrogen) atoms. The summed E-state index contributed by atoms with van der Waals surface area (Å²) >= 11 is 5.24. The third-order valence-corrected chi connectivity index (χ3v) is 2.98. The van der Waals surface area contributed by atoms with Crippen molar-refractivity contribution in [2.75, 3.05) is 5.32 Å². The quantitative estimate of drug-likeness (QED) is 0.749. The van der Waals surface area contributed by atoms with Gasteiger partial charge in [-0.25, -0.2) is 0 Å². The lowest BCUT2D eigenvalue weighted by Gasteiger charge is -2.13. The van der Waals surface area contributed by atoms with Crippen molar-refractivity contribution in [3.05, 3.63) is 65.7 Å². The van der Waals surface area contributed by atoms with E-state index >= 15 is 0 Å². The van der Waals surface area contributed by atoms with Crippen molar-refractivity contribution in [1.29, 1.82) is 0 Å². The van der Waals surface area contributed by atoms with E-state index in [0.29, 0.717) is 11.7 Å². The first-order chi connectivity index (χ1) is 9.29. The maximum atomic E-state index is 9.24. The molecule has 2 aromatic rings. The fraction of sp³-hybridized carbons (Fsp3) is 0.133. The van der Waals surface area contributed by atoms with Crippen LogP contribution in [0.3, 0.4) is 0 Å². The summed E-state index contributed by atoms with van der Waals surface area (Å²) < 4.78 is 0. The first kappa shape index (κ1) is 13.5. The van der Waals surface area contributed by atoms with E-state index < -0.39 is 0 Å². The maximum Gasteiger partial charge on any atom is 0.171 e. The lowest BCUT2D eigenvalue weighted by Crippen LogP contribution is -2.28. The molecule has 0 aliphatic rings. The topological polar surface area (TPSA) is 44.3 Å². The van der Waals surface area contributed by atoms with Crippen LogP contribution in [0, 0.1) is 0 Å². The summed E-state index contributed by atoms with van der Waals surface area (Å²) in [6.45, 7) is 0.665. The molecule has 0 amide bonds. The van der Waals surface area contributed by atoms with E-state index in [0.717, 1.165) is 11.3 Å². The number of nitrogens with one attached hydrogen (secondary N) is 2. The number of benzene rings is 2. The van der Waals surface area contributed by atoms with Gasteiger partial charge in [0.15, 0.2) is 5.11 Å². The molecule has 2 rings (SSSR count). The van der Waals surface area contributed by atoms with Crippen molar-refractivity contribution in [3.8, 4) is 0 Å². The molecule has 0 bridgehead atoms. The van der Waals surface area contributed by atoms with Gasteiger partial charge in [0.2, 0.25) is 0 Å². The molecule has 98 valence electrons. The van der Waals surface area contributed by atoms with Crippen LogP contribution in [0.4, 0.5) is 5.69 Å². The average Bonchev–Trinajstić information content (AvgIpc) is 2.47. The minimum atomic E-state index is -0.00945. The number of hydrogen-bond acceptors (Lipinski definition) is 2. The Morgan fingerprint density at radius 2 is 1.68 bits per heavy atom. The molecule has 3 nitrogen and oxygen atoms in total. The van der Waals surface area contributed by atoms with Crippen LogP contribution in [0.2, 0.25) is 0 Å². The molecule has 0 aliphatic heterocycles. The van der Waals surface area contributed by atoms with E-state index in [1.165, 1.54) is 5.56 Å². The van der Waals surface area contributed by atoms with Crippen molar-refractivity contribution >= 4 is 23.0 Å². The van der Waals surface area contributed by atoms with Crippen molar-refractivity contribution in [2.45, 2.75) is 13.2 Å². The van der Waals surface area contributed by atoms with Crippen LogP contribution < -0.4 is 10.6 Å². The van der Waals surface area contributed by atoms with Crippen LogP contribution in [0.25, 0.3) is 0 Å². The molecule has 0 fully saturated rings. The van der Waals surface area contributed by atoms with Crippen LogP contribution in [-0.2, 0) is 13.2 Å². The standard InChI is InChI=1S/C15H16N2OS/c18-11-13-8-4-5-9-14(13)17-15(19)16-10-12-6-2-1-3-7-12/h1-9,18H,10-11H2,(H2,16,17,19). The third-order valence-electron chi connectivity index (χ3n) is 2.73. The Hall–Kier alpha value is -1.91. The number of thiocarbonyl (C=S) groups is 1. The van der Waals surface area contributed by atoms with Crippen molar-refractivity contribution in [1.82, 2.24) is 5.32 Å². The van der Waals surface area contributed by atoms with Gasteiger partial charge in [-0.2, -0.15) is 0 Å². The summed E-state index contributed by atoms with van der Waals surface area (Å²) in [4.78, 5) is 0. The van der Waals surface area contributed by atoms with Crippen LogP contribution in [-0.4, -0.2) is 10.2 Å². The van der Waals surface area contributed by atoms with Crippen molar-refractivity contribution in [3.63, 3.8) is 0 Å². The number of anilines is 1. The molecule has 2 aromatic carbocycles. The molecule has 0 radical (unpaired) electrons. The number of aliphatic hydroxyl groups is 1. The Bertz CT molecular complexity index is 543. The Balaban J connectivity index is 1.91. The summed E-state index contributed by atoms with van der Waals surface area (Å²) in [5, 5.41) is 16.0. The zero-order chi connectivity index (χ0) is 13.5. The van der Waals surface area contributed by atoms with Gasteiger partial charge in [-0.3, -0.25) is 0 Å². The zero-order valence-electron chi connectivity index (χ0n) is 10.5. The van der Waals surface area contributed by atoms with E-state index in [9.17, 15) is 5.11 Å². The number of rotatable bonds is 4. The first-order valence-corrected chi connectivity index (χ1v) is 6.48. The Morgan fingerprint density at radius 1 is 1.00 bits per heavy atom. The summed E-state index contributed by atoms with van der Waals surface area (Å²) in [5.74, 6) is 0. The summed E-state index contributed by atoms with van der Waals surface area (Å²) in [6, 6.07) is 17.6. The number of aliphatic hydroxyl groups excluding tert-OH is 1. The van der Waals surface area contributed by atoms with E-state index in [1.54, 1.807) is 0 Å². The molecule has 0 aromatic heterocycles. The number of hydrogen-bond donors (Lipinski definition) is 3. The minimum absolute atomic E-state index is 0.00945. The van der Waals surface area contributed by atoms with Crippen molar-refractivity contribution < 1.29 is 5.11 Å². The second-order valence-electron chi connectivity index (χ2n) is 4.11. The Labute approximate surface area is 118 Å². The maximum absolute atomic E-state index is 9.24. The van der Waals surface area contributed by atoms with Crippen molar-refractivity contribution in [2.24, 2.45) is 0 Å². The van der Waals surface area contributed by atoms with E-state index in [1.807, 2.05) is 54.6 Å². The third kappa shape index (κ3) is 4.05. The largest absolute Gasteiger partial charge is 0.392 e. The molecule has 0 saturated heterocycles. The molecule has 0 heterocycles. The summed E-state index contributed by atoms with van der Waals surface area (Å²) in [5.41, 5.74) is 2.82. The van der Waals surface area contributed by atoms with E-state index in [-0.39, 0.29) is 6.61 Å². The van der Waals surface area contributed by atoms with Gasteiger partial charge >= 0.3 is 0 Å². The van der Waals surface area contributed by atoms with E-state index in [4.69, 9.17) is 12.2 Å². The second kappa shape index (κ2) is 6.87.